The summed E-state index contributed by atoms with van der Waals surface area (Å²) in [6, 6.07) is 0. The number of carbonyl (C=O) groups is 1. The first-order valence-corrected chi connectivity index (χ1v) is 7.43. The highest BCUT2D eigenvalue weighted by Crippen LogP contribution is 2.15. The third-order valence-corrected chi connectivity index (χ3v) is 3.61. The lowest BCUT2D eigenvalue weighted by Gasteiger charge is -2.12. The van der Waals surface area contributed by atoms with Crippen LogP contribution in [0.15, 0.2) is 12.4 Å². The molecule has 1 atom stereocenters. The third kappa shape index (κ3) is 5.55. The molecule has 1 aromatic rings. The summed E-state index contributed by atoms with van der Waals surface area (Å²) in [4.78, 5) is 16.3. The average Bonchev–Trinajstić information content (AvgIpc) is 2.82. The molecule has 0 radical (unpaired) electrons. The first-order chi connectivity index (χ1) is 9.21. The van der Waals surface area contributed by atoms with Crippen molar-refractivity contribution in [3.8, 4) is 0 Å². The maximum Gasteiger partial charge on any atom is 0.140 e. The smallest absolute Gasteiger partial charge is 0.140 e. The molecule has 0 aliphatic heterocycles. The number of imidazole rings is 1. The van der Waals surface area contributed by atoms with Crippen LogP contribution in [0.3, 0.4) is 0 Å². The number of ketones is 1. The fourth-order valence-electron chi connectivity index (χ4n) is 2.37. The van der Waals surface area contributed by atoms with Crippen LogP contribution in [0.25, 0.3) is 0 Å². The second kappa shape index (κ2) is 8.86. The Morgan fingerprint density at radius 3 is 2.84 bits per heavy atom. The molecule has 0 fully saturated rings. The molecule has 108 valence electrons. The van der Waals surface area contributed by atoms with E-state index in [4.69, 9.17) is 5.73 Å². The van der Waals surface area contributed by atoms with Crippen molar-refractivity contribution in [3.63, 3.8) is 0 Å². The van der Waals surface area contributed by atoms with Crippen LogP contribution >= 0.6 is 0 Å². The Bertz CT molecular complexity index is 373. The topological polar surface area (TPSA) is 60.9 Å². The van der Waals surface area contributed by atoms with Crippen LogP contribution in [0.2, 0.25) is 0 Å². The van der Waals surface area contributed by atoms with E-state index in [-0.39, 0.29) is 0 Å². The monoisotopic (exact) mass is 265 g/mol. The molecular weight excluding hydrogens is 238 g/mol. The summed E-state index contributed by atoms with van der Waals surface area (Å²) in [5, 5.41) is 0. The van der Waals surface area contributed by atoms with E-state index in [2.05, 4.69) is 23.4 Å². The molecule has 4 nitrogen and oxygen atoms in total. The first kappa shape index (κ1) is 15.9. The van der Waals surface area contributed by atoms with Gasteiger partial charge in [-0.15, -0.1) is 0 Å². The number of nitrogens with two attached hydrogens (primary N) is 1. The van der Waals surface area contributed by atoms with E-state index in [0.29, 0.717) is 31.1 Å². The largest absolute Gasteiger partial charge is 0.335 e. The summed E-state index contributed by atoms with van der Waals surface area (Å²) in [7, 11) is 0. The van der Waals surface area contributed by atoms with Crippen LogP contribution in [0, 0.1) is 5.92 Å². The zero-order valence-corrected chi connectivity index (χ0v) is 12.3. The number of Topliss-reactive ketones (excluding diaryl/α,β-unsaturated/α-hetero) is 1. The molecule has 1 aromatic heterocycles. The van der Waals surface area contributed by atoms with Crippen molar-refractivity contribution in [3.05, 3.63) is 18.2 Å². The fourth-order valence-corrected chi connectivity index (χ4v) is 2.37. The van der Waals surface area contributed by atoms with Gasteiger partial charge >= 0.3 is 0 Å². The number of hydrogen-bond acceptors (Lipinski definition) is 3. The predicted octanol–water partition coefficient (Wildman–Crippen LogP) is 2.56. The van der Waals surface area contributed by atoms with E-state index in [9.17, 15) is 4.79 Å². The van der Waals surface area contributed by atoms with Crippen LogP contribution in [-0.4, -0.2) is 21.9 Å². The van der Waals surface area contributed by atoms with Crippen molar-refractivity contribution in [1.82, 2.24) is 9.55 Å². The first-order valence-electron chi connectivity index (χ1n) is 7.43. The fraction of sp³-hybridized carbons (Fsp3) is 0.733. The molecule has 1 unspecified atom stereocenters. The molecular formula is C15H27N3O. The predicted molar refractivity (Wildman–Crippen MR) is 77.9 cm³/mol. The van der Waals surface area contributed by atoms with Crippen LogP contribution < -0.4 is 5.73 Å². The summed E-state index contributed by atoms with van der Waals surface area (Å²) in [6.45, 7) is 5.95. The summed E-state index contributed by atoms with van der Waals surface area (Å²) in [5.41, 5.74) is 5.58. The highest BCUT2D eigenvalue weighted by Gasteiger charge is 2.12. The normalized spacial score (nSPS) is 12.6. The zero-order valence-electron chi connectivity index (χ0n) is 12.3. The van der Waals surface area contributed by atoms with Crippen molar-refractivity contribution in [2.75, 3.05) is 6.54 Å². The summed E-state index contributed by atoms with van der Waals surface area (Å²) in [5.74, 6) is 1.78. The molecule has 2 N–H and O–H groups in total. The van der Waals surface area contributed by atoms with E-state index < -0.39 is 0 Å². The average molecular weight is 265 g/mol. The minimum absolute atomic E-state index is 0.291. The Hall–Kier alpha value is -1.16. The van der Waals surface area contributed by atoms with Crippen molar-refractivity contribution in [2.24, 2.45) is 11.7 Å². The summed E-state index contributed by atoms with van der Waals surface area (Å²) < 4.78 is 2.08. The van der Waals surface area contributed by atoms with Gasteiger partial charge in [0.15, 0.2) is 0 Å². The van der Waals surface area contributed by atoms with Gasteiger partial charge in [-0.05, 0) is 31.7 Å². The lowest BCUT2D eigenvalue weighted by molar-refractivity contribution is -0.118. The quantitative estimate of drug-likeness (QED) is 0.707. The number of nitrogens with zero attached hydrogens (tertiary/aromatic N) is 2. The standard InChI is InChI=1S/C15H27N3O/c1-3-10-18-11-9-17-15(18)12-14(19)6-5-13(4-2)7-8-16/h9,11,13H,3-8,10,12,16H2,1-2H3. The Morgan fingerprint density at radius 1 is 1.42 bits per heavy atom. The van der Waals surface area contributed by atoms with Gasteiger partial charge < -0.3 is 10.3 Å². The SMILES string of the molecule is CCCn1ccnc1CC(=O)CCC(CC)CCN. The van der Waals surface area contributed by atoms with Crippen molar-refractivity contribution in [2.45, 2.75) is 58.9 Å². The second-order valence-corrected chi connectivity index (χ2v) is 5.14. The molecule has 0 aliphatic carbocycles. The van der Waals surface area contributed by atoms with E-state index in [1.807, 2.05) is 6.20 Å². The Labute approximate surface area is 116 Å². The van der Waals surface area contributed by atoms with Crippen molar-refractivity contribution >= 4 is 5.78 Å². The highest BCUT2D eigenvalue weighted by molar-refractivity contribution is 5.80. The Balaban J connectivity index is 2.40. The van der Waals surface area contributed by atoms with Gasteiger partial charge in [-0.2, -0.15) is 0 Å². The van der Waals surface area contributed by atoms with Gasteiger partial charge in [0.25, 0.3) is 0 Å². The molecule has 0 aliphatic rings. The molecule has 0 amide bonds. The van der Waals surface area contributed by atoms with Gasteiger partial charge in [0.05, 0.1) is 6.42 Å². The van der Waals surface area contributed by atoms with E-state index >= 15 is 0 Å². The van der Waals surface area contributed by atoms with Gasteiger partial charge in [-0.1, -0.05) is 20.3 Å². The van der Waals surface area contributed by atoms with E-state index in [0.717, 1.165) is 38.1 Å². The van der Waals surface area contributed by atoms with Crippen LogP contribution in [0.1, 0.15) is 51.8 Å². The second-order valence-electron chi connectivity index (χ2n) is 5.14. The van der Waals surface area contributed by atoms with E-state index in [1.165, 1.54) is 0 Å². The molecule has 1 heterocycles. The third-order valence-electron chi connectivity index (χ3n) is 3.61. The number of carbonyl (C=O) groups excluding carboxylic acids is 1. The van der Waals surface area contributed by atoms with Crippen LogP contribution in [-0.2, 0) is 17.8 Å². The number of aryl methyl sites for hydroxylation is 1. The van der Waals surface area contributed by atoms with Crippen molar-refractivity contribution < 1.29 is 4.79 Å². The molecule has 19 heavy (non-hydrogen) atoms. The van der Waals surface area contributed by atoms with Gasteiger partial charge in [0, 0.05) is 25.4 Å². The molecule has 0 aromatic carbocycles. The number of aromatic nitrogens is 2. The van der Waals surface area contributed by atoms with Gasteiger partial charge in [-0.25, -0.2) is 4.98 Å². The molecule has 0 bridgehead atoms. The lowest BCUT2D eigenvalue weighted by atomic mass is 9.95. The van der Waals surface area contributed by atoms with E-state index in [1.54, 1.807) is 6.20 Å². The summed E-state index contributed by atoms with van der Waals surface area (Å²) in [6.07, 6.45) is 9.00. The maximum atomic E-state index is 12.0. The van der Waals surface area contributed by atoms with Gasteiger partial charge in [0.1, 0.15) is 11.6 Å². The maximum absolute atomic E-state index is 12.0. The Morgan fingerprint density at radius 2 is 2.21 bits per heavy atom. The van der Waals surface area contributed by atoms with Crippen molar-refractivity contribution in [1.29, 1.82) is 0 Å². The summed E-state index contributed by atoms with van der Waals surface area (Å²) >= 11 is 0. The number of rotatable bonds is 10. The molecule has 4 heteroatoms. The van der Waals surface area contributed by atoms with Crippen LogP contribution in [0.4, 0.5) is 0 Å². The van der Waals surface area contributed by atoms with Crippen LogP contribution in [0.5, 0.6) is 0 Å². The van der Waals surface area contributed by atoms with Gasteiger partial charge in [-0.3, -0.25) is 4.79 Å². The Kier molecular flexibility index (Phi) is 7.41. The zero-order chi connectivity index (χ0) is 14.1. The van der Waals surface area contributed by atoms with Gasteiger partial charge in [0.2, 0.25) is 0 Å². The molecule has 0 saturated carbocycles. The molecule has 0 saturated heterocycles. The number of hydrogen-bond donors (Lipinski definition) is 1. The minimum atomic E-state index is 0.291. The highest BCUT2D eigenvalue weighted by atomic mass is 16.1. The lowest BCUT2D eigenvalue weighted by Crippen LogP contribution is -2.13. The molecule has 1 rings (SSSR count). The molecule has 0 spiro atoms. The minimum Gasteiger partial charge on any atom is -0.335 e.